The van der Waals surface area contributed by atoms with Gasteiger partial charge in [0, 0.05) is 36.7 Å². The van der Waals surface area contributed by atoms with Gasteiger partial charge in [-0.05, 0) is 30.9 Å². The van der Waals surface area contributed by atoms with Crippen molar-refractivity contribution in [3.05, 3.63) is 54.4 Å². The van der Waals surface area contributed by atoms with Crippen molar-refractivity contribution in [2.24, 2.45) is 5.92 Å². The molecule has 114 valence electrons. The first-order valence-corrected chi connectivity index (χ1v) is 7.37. The Morgan fingerprint density at radius 3 is 2.77 bits per heavy atom. The highest BCUT2D eigenvalue weighted by Crippen LogP contribution is 2.31. The first-order valence-electron chi connectivity index (χ1n) is 7.37. The molecule has 1 fully saturated rings. The first kappa shape index (κ1) is 14.6. The van der Waals surface area contributed by atoms with Crippen LogP contribution in [0.2, 0.25) is 0 Å². The quantitative estimate of drug-likeness (QED) is 0.859. The molecule has 0 unspecified atom stereocenters. The highest BCUT2D eigenvalue weighted by molar-refractivity contribution is 5.92. The summed E-state index contributed by atoms with van der Waals surface area (Å²) in [5, 5.41) is 12.5. The van der Waals surface area contributed by atoms with Gasteiger partial charge in [-0.1, -0.05) is 6.07 Å². The molecule has 0 aliphatic heterocycles. The smallest absolute Gasteiger partial charge is 0.271 e. The van der Waals surface area contributed by atoms with Gasteiger partial charge in [-0.25, -0.2) is 4.98 Å². The number of carbonyl (C=O) groups excluding carboxylic acids is 1. The molecule has 1 atom stereocenters. The van der Waals surface area contributed by atoms with E-state index in [1.54, 1.807) is 6.20 Å². The Morgan fingerprint density at radius 1 is 1.27 bits per heavy atom. The Hall–Kier alpha value is -2.34. The molecule has 2 N–H and O–H groups in total. The molecule has 22 heavy (non-hydrogen) atoms. The highest BCUT2D eigenvalue weighted by Gasteiger charge is 2.35. The number of aliphatic hydroxyl groups excluding tert-OH is 1. The second-order valence-electron chi connectivity index (χ2n) is 5.58. The van der Waals surface area contributed by atoms with E-state index in [-0.39, 0.29) is 24.0 Å². The normalized spacial score (nSPS) is 21.7. The van der Waals surface area contributed by atoms with Crippen LogP contribution >= 0.6 is 0 Å². The largest absolute Gasteiger partial charge is 0.393 e. The van der Waals surface area contributed by atoms with E-state index in [0.717, 1.165) is 5.69 Å². The van der Waals surface area contributed by atoms with Crippen LogP contribution in [0.3, 0.4) is 0 Å². The SMILES string of the molecule is O=C(N[C@H](Cc1ccccn1)C1CC(O)C1)c1cnccn1. The van der Waals surface area contributed by atoms with E-state index in [9.17, 15) is 9.90 Å². The summed E-state index contributed by atoms with van der Waals surface area (Å²) >= 11 is 0. The van der Waals surface area contributed by atoms with Crippen molar-refractivity contribution in [2.45, 2.75) is 31.4 Å². The predicted octanol–water partition coefficient (Wildman–Crippen LogP) is 0.984. The molecule has 6 heteroatoms. The molecule has 0 radical (unpaired) electrons. The van der Waals surface area contributed by atoms with Gasteiger partial charge in [0.15, 0.2) is 0 Å². The number of aromatic nitrogens is 3. The third-order valence-corrected chi connectivity index (χ3v) is 3.99. The third-order valence-electron chi connectivity index (χ3n) is 3.99. The van der Waals surface area contributed by atoms with Crippen molar-refractivity contribution >= 4 is 5.91 Å². The minimum atomic E-state index is -0.260. The maximum absolute atomic E-state index is 12.3. The fourth-order valence-corrected chi connectivity index (χ4v) is 2.70. The minimum absolute atomic E-state index is 0.0622. The summed E-state index contributed by atoms with van der Waals surface area (Å²) in [6, 6.07) is 5.67. The van der Waals surface area contributed by atoms with Crippen molar-refractivity contribution in [3.8, 4) is 0 Å². The van der Waals surface area contributed by atoms with Gasteiger partial charge in [-0.3, -0.25) is 14.8 Å². The van der Waals surface area contributed by atoms with Gasteiger partial charge in [0.25, 0.3) is 5.91 Å². The second-order valence-corrected chi connectivity index (χ2v) is 5.58. The summed E-state index contributed by atoms with van der Waals surface area (Å²) in [6.07, 6.45) is 8.01. The van der Waals surface area contributed by atoms with Crippen molar-refractivity contribution in [2.75, 3.05) is 0 Å². The van der Waals surface area contributed by atoms with Crippen molar-refractivity contribution in [1.82, 2.24) is 20.3 Å². The van der Waals surface area contributed by atoms with E-state index in [4.69, 9.17) is 0 Å². The maximum atomic E-state index is 12.3. The molecule has 2 aromatic rings. The first-order chi connectivity index (χ1) is 10.7. The van der Waals surface area contributed by atoms with Gasteiger partial charge >= 0.3 is 0 Å². The molecular formula is C16H18N4O2. The predicted molar refractivity (Wildman–Crippen MR) is 80.0 cm³/mol. The number of hydrogen-bond donors (Lipinski definition) is 2. The van der Waals surface area contributed by atoms with Crippen LogP contribution in [-0.4, -0.2) is 38.1 Å². The van der Waals surface area contributed by atoms with Crippen LogP contribution < -0.4 is 5.32 Å². The van der Waals surface area contributed by atoms with Gasteiger partial charge in [-0.15, -0.1) is 0 Å². The molecule has 0 saturated heterocycles. The summed E-state index contributed by atoms with van der Waals surface area (Å²) in [6.45, 7) is 0. The molecule has 1 amide bonds. The average molecular weight is 298 g/mol. The van der Waals surface area contributed by atoms with Crippen molar-refractivity contribution in [3.63, 3.8) is 0 Å². The van der Waals surface area contributed by atoms with E-state index >= 15 is 0 Å². The van der Waals surface area contributed by atoms with Crippen molar-refractivity contribution in [1.29, 1.82) is 0 Å². The van der Waals surface area contributed by atoms with Crippen molar-refractivity contribution < 1.29 is 9.90 Å². The number of pyridine rings is 1. The second kappa shape index (κ2) is 6.62. The molecule has 0 bridgehead atoms. The topological polar surface area (TPSA) is 88.0 Å². The molecule has 2 heterocycles. The lowest BCUT2D eigenvalue weighted by Crippen LogP contribution is -2.48. The molecule has 1 saturated carbocycles. The summed E-state index contributed by atoms with van der Waals surface area (Å²) in [5.41, 5.74) is 1.22. The fourth-order valence-electron chi connectivity index (χ4n) is 2.70. The number of rotatable bonds is 5. The van der Waals surface area contributed by atoms with Gasteiger partial charge < -0.3 is 10.4 Å². The number of hydrogen-bond acceptors (Lipinski definition) is 5. The summed E-state index contributed by atoms with van der Waals surface area (Å²) in [7, 11) is 0. The third kappa shape index (κ3) is 3.46. The van der Waals surface area contributed by atoms with Crippen LogP contribution in [0.25, 0.3) is 0 Å². The van der Waals surface area contributed by atoms with Gasteiger partial charge in [0.05, 0.1) is 12.3 Å². The van der Waals surface area contributed by atoms with Gasteiger partial charge in [0.1, 0.15) is 5.69 Å². The van der Waals surface area contributed by atoms with E-state index in [1.165, 1.54) is 18.6 Å². The fraction of sp³-hybridized carbons (Fsp3) is 0.375. The number of aliphatic hydroxyl groups is 1. The Bertz CT molecular complexity index is 615. The van der Waals surface area contributed by atoms with Crippen LogP contribution in [-0.2, 0) is 6.42 Å². The zero-order valence-electron chi connectivity index (χ0n) is 12.1. The molecule has 3 rings (SSSR count). The summed E-state index contributed by atoms with van der Waals surface area (Å²) < 4.78 is 0. The summed E-state index contributed by atoms with van der Waals surface area (Å²) in [5.74, 6) is 0.0213. The van der Waals surface area contributed by atoms with Gasteiger partial charge in [-0.2, -0.15) is 0 Å². The Morgan fingerprint density at radius 2 is 2.14 bits per heavy atom. The molecule has 1 aliphatic carbocycles. The number of carbonyl (C=O) groups is 1. The van der Waals surface area contributed by atoms with E-state index < -0.39 is 0 Å². The van der Waals surface area contributed by atoms with Crippen LogP contribution in [0, 0.1) is 5.92 Å². The number of nitrogens with one attached hydrogen (secondary N) is 1. The van der Waals surface area contributed by atoms with Crippen LogP contribution in [0.15, 0.2) is 43.0 Å². The van der Waals surface area contributed by atoms with E-state index in [2.05, 4.69) is 20.3 Å². The monoisotopic (exact) mass is 298 g/mol. The van der Waals surface area contributed by atoms with Crippen LogP contribution in [0.1, 0.15) is 29.0 Å². The lowest BCUT2D eigenvalue weighted by Gasteiger charge is -2.38. The molecule has 0 aromatic carbocycles. The van der Waals surface area contributed by atoms with Gasteiger partial charge in [0.2, 0.25) is 0 Å². The molecule has 0 spiro atoms. The highest BCUT2D eigenvalue weighted by atomic mass is 16.3. The molecular weight excluding hydrogens is 280 g/mol. The summed E-state index contributed by atoms with van der Waals surface area (Å²) in [4.78, 5) is 24.5. The van der Waals surface area contributed by atoms with Crippen LogP contribution in [0.4, 0.5) is 0 Å². The zero-order valence-corrected chi connectivity index (χ0v) is 12.1. The van der Waals surface area contributed by atoms with E-state index in [1.807, 2.05) is 18.2 Å². The lowest BCUT2D eigenvalue weighted by atomic mass is 9.76. The Labute approximate surface area is 128 Å². The number of amides is 1. The maximum Gasteiger partial charge on any atom is 0.271 e. The molecule has 1 aliphatic rings. The Balaban J connectivity index is 1.70. The minimum Gasteiger partial charge on any atom is -0.393 e. The average Bonchev–Trinajstić information content (AvgIpc) is 2.53. The van der Waals surface area contributed by atoms with Crippen LogP contribution in [0.5, 0.6) is 0 Å². The number of nitrogens with zero attached hydrogens (tertiary/aromatic N) is 3. The zero-order chi connectivity index (χ0) is 15.4. The molecule has 2 aromatic heterocycles. The molecule has 6 nitrogen and oxygen atoms in total. The van der Waals surface area contributed by atoms with E-state index in [0.29, 0.717) is 25.0 Å². The lowest BCUT2D eigenvalue weighted by molar-refractivity contribution is 0.0237. The Kier molecular flexibility index (Phi) is 4.39. The standard InChI is InChI=1S/C16H18N4O2/c21-13-7-11(8-13)14(9-12-3-1-2-4-18-12)20-16(22)15-10-17-5-6-19-15/h1-6,10-11,13-14,21H,7-9H2,(H,20,22)/t11?,13?,14-/m1/s1.